The Labute approximate surface area is 179 Å². The van der Waals surface area contributed by atoms with E-state index in [0.29, 0.717) is 5.69 Å². The molecule has 1 aromatic heterocycles. The fraction of sp³-hybridized carbons (Fsp3) is 0.174. The first kappa shape index (κ1) is 20.9. The number of nitrogens with zero attached hydrogens (tertiary/aromatic N) is 2. The average Bonchev–Trinajstić information content (AvgIpc) is 3.05. The largest absolute Gasteiger partial charge is 0.341 e. The second-order valence-corrected chi connectivity index (χ2v) is 9.17. The molecule has 4 rings (SSSR count). The molecule has 1 amide bonds. The fourth-order valence-corrected chi connectivity index (χ4v) is 4.70. The summed E-state index contributed by atoms with van der Waals surface area (Å²) in [6.07, 6.45) is 0.943. The van der Waals surface area contributed by atoms with Gasteiger partial charge in [-0.1, -0.05) is 30.3 Å². The van der Waals surface area contributed by atoms with Crippen molar-refractivity contribution >= 4 is 49.1 Å². The van der Waals surface area contributed by atoms with Crippen LogP contribution in [0.1, 0.15) is 6.92 Å². The third-order valence-corrected chi connectivity index (χ3v) is 6.31. The zero-order valence-electron chi connectivity index (χ0n) is 17.2. The predicted octanol–water partition coefficient (Wildman–Crippen LogP) is 4.36. The van der Waals surface area contributed by atoms with Crippen molar-refractivity contribution in [2.75, 3.05) is 22.4 Å². The Morgan fingerprint density at radius 3 is 2.39 bits per heavy atom. The Morgan fingerprint density at radius 2 is 1.68 bits per heavy atom. The van der Waals surface area contributed by atoms with Crippen molar-refractivity contribution in [3.8, 4) is 0 Å². The summed E-state index contributed by atoms with van der Waals surface area (Å²) in [6, 6.07) is 19.1. The van der Waals surface area contributed by atoms with Gasteiger partial charge in [0.1, 0.15) is 12.4 Å². The molecule has 31 heavy (non-hydrogen) atoms. The summed E-state index contributed by atoms with van der Waals surface area (Å²) in [5.74, 6) is -1.28. The number of sulfonamides is 1. The van der Waals surface area contributed by atoms with Gasteiger partial charge in [-0.3, -0.25) is 9.10 Å². The first-order chi connectivity index (χ1) is 14.8. The molecular formula is C23H22FN3O3S. The number of anilines is 2. The van der Waals surface area contributed by atoms with E-state index in [1.165, 1.54) is 18.2 Å². The Morgan fingerprint density at radius 1 is 1.00 bits per heavy atom. The molecule has 0 spiro atoms. The van der Waals surface area contributed by atoms with E-state index >= 15 is 0 Å². The van der Waals surface area contributed by atoms with Crippen LogP contribution in [0.2, 0.25) is 0 Å². The Kier molecular flexibility index (Phi) is 5.41. The van der Waals surface area contributed by atoms with E-state index in [1.54, 1.807) is 6.07 Å². The molecule has 8 heteroatoms. The van der Waals surface area contributed by atoms with Crippen LogP contribution in [0.25, 0.3) is 21.8 Å². The monoisotopic (exact) mass is 439 g/mol. The predicted molar refractivity (Wildman–Crippen MR) is 122 cm³/mol. The number of halogens is 1. The van der Waals surface area contributed by atoms with Crippen molar-refractivity contribution in [2.45, 2.75) is 13.5 Å². The number of rotatable bonds is 6. The standard InChI is InChI=1S/C23H22FN3O3S/c1-3-26-20-10-6-4-8-17(20)18-14-16(12-13-21(18)26)25-23(28)15-27(31(2,29)30)22-11-7-5-9-19(22)24/h4-14H,3,15H2,1-2H3,(H,25,28). The number of fused-ring (bicyclic) bond motifs is 3. The number of hydrogen-bond acceptors (Lipinski definition) is 3. The van der Waals surface area contributed by atoms with Crippen LogP contribution in [0.15, 0.2) is 66.7 Å². The molecule has 160 valence electrons. The maximum absolute atomic E-state index is 14.2. The van der Waals surface area contributed by atoms with Crippen LogP contribution in [0.4, 0.5) is 15.8 Å². The minimum absolute atomic E-state index is 0.165. The second kappa shape index (κ2) is 8.03. The molecular weight excluding hydrogens is 417 g/mol. The third kappa shape index (κ3) is 3.98. The minimum Gasteiger partial charge on any atom is -0.341 e. The van der Waals surface area contributed by atoms with Gasteiger partial charge in [-0.05, 0) is 43.3 Å². The van der Waals surface area contributed by atoms with Crippen LogP contribution in [0, 0.1) is 5.82 Å². The molecule has 1 N–H and O–H groups in total. The van der Waals surface area contributed by atoms with Gasteiger partial charge in [-0.25, -0.2) is 12.8 Å². The van der Waals surface area contributed by atoms with Crippen LogP contribution in [0.3, 0.4) is 0 Å². The molecule has 6 nitrogen and oxygen atoms in total. The molecule has 0 fully saturated rings. The zero-order valence-corrected chi connectivity index (χ0v) is 18.0. The summed E-state index contributed by atoms with van der Waals surface area (Å²) in [5, 5.41) is 4.80. The van der Waals surface area contributed by atoms with Gasteiger partial charge in [-0.15, -0.1) is 0 Å². The second-order valence-electron chi connectivity index (χ2n) is 7.26. The van der Waals surface area contributed by atoms with E-state index in [4.69, 9.17) is 0 Å². The van der Waals surface area contributed by atoms with Crippen molar-refractivity contribution < 1.29 is 17.6 Å². The number of aryl methyl sites for hydroxylation is 1. The molecule has 0 aliphatic carbocycles. The smallest absolute Gasteiger partial charge is 0.245 e. The SMILES string of the molecule is CCn1c2ccccc2c2cc(NC(=O)CN(c3ccccc3F)S(C)(=O)=O)ccc21. The van der Waals surface area contributed by atoms with Crippen LogP contribution in [0.5, 0.6) is 0 Å². The Balaban J connectivity index is 1.65. The number of benzene rings is 3. The number of carbonyl (C=O) groups excluding carboxylic acids is 1. The number of nitrogens with one attached hydrogen (secondary N) is 1. The molecule has 1 heterocycles. The van der Waals surface area contributed by atoms with Gasteiger partial charge in [0.15, 0.2) is 0 Å². The molecule has 0 radical (unpaired) electrons. The fourth-order valence-electron chi connectivity index (χ4n) is 3.84. The van der Waals surface area contributed by atoms with Crippen molar-refractivity contribution in [1.82, 2.24) is 4.57 Å². The van der Waals surface area contributed by atoms with Crippen LogP contribution >= 0.6 is 0 Å². The molecule has 3 aromatic carbocycles. The molecule has 0 aliphatic heterocycles. The molecule has 0 saturated heterocycles. The molecule has 0 saturated carbocycles. The number of amides is 1. The summed E-state index contributed by atoms with van der Waals surface area (Å²) < 4.78 is 41.5. The van der Waals surface area contributed by atoms with Gasteiger partial charge in [0.2, 0.25) is 15.9 Å². The van der Waals surface area contributed by atoms with Gasteiger partial charge in [0, 0.05) is 34.0 Å². The summed E-state index contributed by atoms with van der Waals surface area (Å²) in [5.41, 5.74) is 2.53. The lowest BCUT2D eigenvalue weighted by Crippen LogP contribution is -2.38. The Bertz CT molecular complexity index is 1400. The lowest BCUT2D eigenvalue weighted by atomic mass is 10.1. The summed E-state index contributed by atoms with van der Waals surface area (Å²) in [7, 11) is -3.86. The molecule has 0 aliphatic rings. The lowest BCUT2D eigenvalue weighted by molar-refractivity contribution is -0.114. The number of hydrogen-bond donors (Lipinski definition) is 1. The van der Waals surface area contributed by atoms with Crippen molar-refractivity contribution in [3.63, 3.8) is 0 Å². The molecule has 0 atom stereocenters. The molecule has 4 aromatic rings. The molecule has 0 unspecified atom stereocenters. The number of carbonyl (C=O) groups is 1. The highest BCUT2D eigenvalue weighted by molar-refractivity contribution is 7.92. The van der Waals surface area contributed by atoms with Crippen LogP contribution in [-0.4, -0.2) is 31.7 Å². The lowest BCUT2D eigenvalue weighted by Gasteiger charge is -2.22. The van der Waals surface area contributed by atoms with Gasteiger partial charge in [-0.2, -0.15) is 0 Å². The van der Waals surface area contributed by atoms with Crippen molar-refractivity contribution in [2.24, 2.45) is 0 Å². The van der Waals surface area contributed by atoms with Gasteiger partial charge in [0.25, 0.3) is 0 Å². The van der Waals surface area contributed by atoms with Gasteiger partial charge in [0.05, 0.1) is 11.9 Å². The number of para-hydroxylation sites is 2. The van der Waals surface area contributed by atoms with E-state index in [1.807, 2.05) is 30.3 Å². The summed E-state index contributed by atoms with van der Waals surface area (Å²) in [4.78, 5) is 12.7. The van der Waals surface area contributed by atoms with E-state index in [-0.39, 0.29) is 5.69 Å². The highest BCUT2D eigenvalue weighted by Crippen LogP contribution is 2.31. The third-order valence-electron chi connectivity index (χ3n) is 5.18. The minimum atomic E-state index is -3.86. The van der Waals surface area contributed by atoms with Gasteiger partial charge >= 0.3 is 0 Å². The average molecular weight is 440 g/mol. The van der Waals surface area contributed by atoms with Crippen LogP contribution in [-0.2, 0) is 21.4 Å². The van der Waals surface area contributed by atoms with E-state index in [0.717, 1.165) is 45.0 Å². The molecule has 0 bridgehead atoms. The normalized spacial score (nSPS) is 11.7. The zero-order chi connectivity index (χ0) is 22.2. The Hall–Kier alpha value is -3.39. The van der Waals surface area contributed by atoms with Gasteiger partial charge < -0.3 is 9.88 Å². The van der Waals surface area contributed by atoms with Crippen LogP contribution < -0.4 is 9.62 Å². The van der Waals surface area contributed by atoms with E-state index in [2.05, 4.69) is 22.9 Å². The highest BCUT2D eigenvalue weighted by atomic mass is 32.2. The maximum atomic E-state index is 14.2. The van der Waals surface area contributed by atoms with E-state index in [9.17, 15) is 17.6 Å². The maximum Gasteiger partial charge on any atom is 0.245 e. The number of aromatic nitrogens is 1. The topological polar surface area (TPSA) is 71.4 Å². The highest BCUT2D eigenvalue weighted by Gasteiger charge is 2.23. The first-order valence-electron chi connectivity index (χ1n) is 9.82. The summed E-state index contributed by atoms with van der Waals surface area (Å²) in [6.45, 7) is 2.35. The first-order valence-corrected chi connectivity index (χ1v) is 11.7. The van der Waals surface area contributed by atoms with Crippen molar-refractivity contribution in [1.29, 1.82) is 0 Å². The quantitative estimate of drug-likeness (QED) is 0.485. The summed E-state index contributed by atoms with van der Waals surface area (Å²) >= 11 is 0. The van der Waals surface area contributed by atoms with E-state index < -0.39 is 28.3 Å². The van der Waals surface area contributed by atoms with Crippen molar-refractivity contribution in [3.05, 3.63) is 72.5 Å².